The minimum Gasteiger partial charge on any atom is -0.326 e. The first-order valence-electron chi connectivity index (χ1n) is 5.76. The van der Waals surface area contributed by atoms with E-state index in [1.807, 2.05) is 20.8 Å². The number of sulfonamides is 1. The lowest BCUT2D eigenvalue weighted by atomic mass is 10.3. The topological polar surface area (TPSA) is 63.4 Å². The Hall–Kier alpha value is -0.430. The average molecular weight is 276 g/mol. The molecule has 0 saturated carbocycles. The first-order chi connectivity index (χ1) is 7.97. The van der Waals surface area contributed by atoms with Crippen LogP contribution in [0.4, 0.5) is 0 Å². The molecule has 4 nitrogen and oxygen atoms in total. The Bertz CT molecular complexity index is 466. The monoisotopic (exact) mass is 276 g/mol. The van der Waals surface area contributed by atoms with Crippen LogP contribution in [0.3, 0.4) is 0 Å². The first-order valence-corrected chi connectivity index (χ1v) is 8.02. The molecular formula is C11H20N2O2S2. The van der Waals surface area contributed by atoms with Gasteiger partial charge in [-0.15, -0.1) is 11.3 Å². The summed E-state index contributed by atoms with van der Waals surface area (Å²) in [6, 6.07) is 1.72. The molecule has 0 aliphatic carbocycles. The number of nitrogens with two attached hydrogens (primary N) is 1. The van der Waals surface area contributed by atoms with Crippen molar-refractivity contribution in [1.82, 2.24) is 4.31 Å². The van der Waals surface area contributed by atoms with Gasteiger partial charge in [0.15, 0.2) is 0 Å². The lowest BCUT2D eigenvalue weighted by molar-refractivity contribution is 0.428. The van der Waals surface area contributed by atoms with Gasteiger partial charge in [0, 0.05) is 24.5 Å². The van der Waals surface area contributed by atoms with Crippen LogP contribution in [-0.4, -0.2) is 25.8 Å². The number of hydrogen-bond acceptors (Lipinski definition) is 4. The predicted molar refractivity (Wildman–Crippen MR) is 71.7 cm³/mol. The second-order valence-electron chi connectivity index (χ2n) is 3.87. The standard InChI is InChI=1S/C11H20N2O2S2/c1-4-6-13(5-2)17(14,15)11-7-9(3)10(8-12)16-11/h7H,4-6,8,12H2,1-3H3. The Balaban J connectivity index is 3.11. The largest absolute Gasteiger partial charge is 0.326 e. The molecule has 0 spiro atoms. The minimum atomic E-state index is -3.33. The van der Waals surface area contributed by atoms with Crippen molar-refractivity contribution >= 4 is 21.4 Å². The number of aryl methyl sites for hydroxylation is 1. The molecule has 0 radical (unpaired) electrons. The predicted octanol–water partition coefficient (Wildman–Crippen LogP) is 1.94. The number of thiophene rings is 1. The molecule has 17 heavy (non-hydrogen) atoms. The van der Waals surface area contributed by atoms with Gasteiger partial charge in [-0.25, -0.2) is 8.42 Å². The molecule has 6 heteroatoms. The Morgan fingerprint density at radius 2 is 2.06 bits per heavy atom. The molecule has 0 saturated heterocycles. The third-order valence-electron chi connectivity index (χ3n) is 2.60. The molecular weight excluding hydrogens is 256 g/mol. The van der Waals surface area contributed by atoms with Crippen molar-refractivity contribution in [1.29, 1.82) is 0 Å². The van der Waals surface area contributed by atoms with Crippen LogP contribution in [0.5, 0.6) is 0 Å². The fraction of sp³-hybridized carbons (Fsp3) is 0.636. The molecule has 0 amide bonds. The number of hydrogen-bond donors (Lipinski definition) is 1. The Labute approximate surface area is 107 Å². The molecule has 0 aromatic carbocycles. The quantitative estimate of drug-likeness (QED) is 0.863. The van der Waals surface area contributed by atoms with Gasteiger partial charge < -0.3 is 5.73 Å². The maximum Gasteiger partial charge on any atom is 0.252 e. The average Bonchev–Trinajstić information content (AvgIpc) is 2.67. The second-order valence-corrected chi connectivity index (χ2v) is 7.17. The normalized spacial score (nSPS) is 12.3. The van der Waals surface area contributed by atoms with Gasteiger partial charge in [0.2, 0.25) is 0 Å². The van der Waals surface area contributed by atoms with Crippen molar-refractivity contribution < 1.29 is 8.42 Å². The molecule has 1 heterocycles. The van der Waals surface area contributed by atoms with Gasteiger partial charge in [-0.3, -0.25) is 0 Å². The van der Waals surface area contributed by atoms with Gasteiger partial charge in [-0.05, 0) is 25.0 Å². The van der Waals surface area contributed by atoms with E-state index in [0.717, 1.165) is 16.9 Å². The van der Waals surface area contributed by atoms with Crippen LogP contribution in [-0.2, 0) is 16.6 Å². The summed E-state index contributed by atoms with van der Waals surface area (Å²) in [6.45, 7) is 7.19. The zero-order valence-corrected chi connectivity index (χ0v) is 12.2. The summed E-state index contributed by atoms with van der Waals surface area (Å²) in [6.07, 6.45) is 0.821. The van der Waals surface area contributed by atoms with Crippen LogP contribution in [0.15, 0.2) is 10.3 Å². The van der Waals surface area contributed by atoms with Crippen LogP contribution in [0.25, 0.3) is 0 Å². The second kappa shape index (κ2) is 5.95. The van der Waals surface area contributed by atoms with Crippen LogP contribution in [0.1, 0.15) is 30.7 Å². The fourth-order valence-electron chi connectivity index (χ4n) is 1.64. The van der Waals surface area contributed by atoms with Gasteiger partial charge in [0.1, 0.15) is 4.21 Å². The summed E-state index contributed by atoms with van der Waals surface area (Å²) in [5.41, 5.74) is 6.54. The summed E-state index contributed by atoms with van der Waals surface area (Å²) in [7, 11) is -3.33. The van der Waals surface area contributed by atoms with E-state index in [2.05, 4.69) is 0 Å². The summed E-state index contributed by atoms with van der Waals surface area (Å²) in [5, 5.41) is 0. The molecule has 98 valence electrons. The van der Waals surface area contributed by atoms with Gasteiger partial charge >= 0.3 is 0 Å². The van der Waals surface area contributed by atoms with E-state index in [1.165, 1.54) is 15.6 Å². The van der Waals surface area contributed by atoms with Crippen molar-refractivity contribution in [2.24, 2.45) is 5.73 Å². The molecule has 0 bridgehead atoms. The van der Waals surface area contributed by atoms with Crippen molar-refractivity contribution in [2.75, 3.05) is 13.1 Å². The Kier molecular flexibility index (Phi) is 5.12. The fourth-order valence-corrected chi connectivity index (χ4v) is 4.81. The van der Waals surface area contributed by atoms with E-state index in [9.17, 15) is 8.42 Å². The van der Waals surface area contributed by atoms with Crippen LogP contribution >= 0.6 is 11.3 Å². The molecule has 0 aliphatic heterocycles. The van der Waals surface area contributed by atoms with Crippen molar-refractivity contribution in [2.45, 2.75) is 37.9 Å². The van der Waals surface area contributed by atoms with Crippen LogP contribution in [0, 0.1) is 6.92 Å². The zero-order valence-electron chi connectivity index (χ0n) is 10.6. The van der Waals surface area contributed by atoms with E-state index < -0.39 is 10.0 Å². The molecule has 2 N–H and O–H groups in total. The lowest BCUT2D eigenvalue weighted by Gasteiger charge is -2.18. The van der Waals surface area contributed by atoms with Crippen molar-refractivity contribution in [3.05, 3.63) is 16.5 Å². The summed E-state index contributed by atoms with van der Waals surface area (Å²) >= 11 is 1.28. The highest BCUT2D eigenvalue weighted by Gasteiger charge is 2.24. The molecule has 1 rings (SSSR count). The summed E-state index contributed by atoms with van der Waals surface area (Å²) in [4.78, 5) is 0.941. The van der Waals surface area contributed by atoms with E-state index in [4.69, 9.17) is 5.73 Å². The third-order valence-corrected chi connectivity index (χ3v) is 6.29. The van der Waals surface area contributed by atoms with Crippen molar-refractivity contribution in [3.8, 4) is 0 Å². The van der Waals surface area contributed by atoms with Gasteiger partial charge in [-0.1, -0.05) is 13.8 Å². The highest BCUT2D eigenvalue weighted by atomic mass is 32.2. The van der Waals surface area contributed by atoms with Crippen LogP contribution < -0.4 is 5.73 Å². The van der Waals surface area contributed by atoms with Crippen LogP contribution in [0.2, 0.25) is 0 Å². The maximum absolute atomic E-state index is 12.3. The molecule has 0 atom stereocenters. The van der Waals surface area contributed by atoms with E-state index in [1.54, 1.807) is 6.07 Å². The Morgan fingerprint density at radius 3 is 2.47 bits per heavy atom. The number of rotatable bonds is 6. The molecule has 0 aliphatic rings. The molecule has 1 aromatic rings. The van der Waals surface area contributed by atoms with E-state index >= 15 is 0 Å². The number of nitrogens with zero attached hydrogens (tertiary/aromatic N) is 1. The summed E-state index contributed by atoms with van der Waals surface area (Å²) < 4.78 is 26.6. The SMILES string of the molecule is CCCN(CC)S(=O)(=O)c1cc(C)c(CN)s1. The van der Waals surface area contributed by atoms with Gasteiger partial charge in [0.05, 0.1) is 0 Å². The van der Waals surface area contributed by atoms with Gasteiger partial charge in [0.25, 0.3) is 10.0 Å². The molecule has 0 unspecified atom stereocenters. The highest BCUT2D eigenvalue weighted by molar-refractivity contribution is 7.91. The lowest BCUT2D eigenvalue weighted by Crippen LogP contribution is -2.31. The van der Waals surface area contributed by atoms with Crippen molar-refractivity contribution in [3.63, 3.8) is 0 Å². The summed E-state index contributed by atoms with van der Waals surface area (Å²) in [5.74, 6) is 0. The highest BCUT2D eigenvalue weighted by Crippen LogP contribution is 2.28. The Morgan fingerprint density at radius 1 is 1.41 bits per heavy atom. The third kappa shape index (κ3) is 3.07. The minimum absolute atomic E-state index is 0.395. The smallest absolute Gasteiger partial charge is 0.252 e. The molecule has 1 aromatic heterocycles. The molecule has 0 fully saturated rings. The first kappa shape index (κ1) is 14.6. The van der Waals surface area contributed by atoms with E-state index in [0.29, 0.717) is 23.8 Å². The maximum atomic E-state index is 12.3. The van der Waals surface area contributed by atoms with Gasteiger partial charge in [-0.2, -0.15) is 4.31 Å². The van der Waals surface area contributed by atoms with E-state index in [-0.39, 0.29) is 0 Å². The zero-order chi connectivity index (χ0) is 13.1.